The van der Waals surface area contributed by atoms with Crippen molar-refractivity contribution in [2.24, 2.45) is 0 Å². The van der Waals surface area contributed by atoms with Gasteiger partial charge in [0.25, 0.3) is 0 Å². The molecule has 0 aliphatic carbocycles. The van der Waals surface area contributed by atoms with E-state index in [9.17, 15) is 35.1 Å². The van der Waals surface area contributed by atoms with Crippen LogP contribution < -0.4 is 5.32 Å². The number of ether oxygens (including phenoxy) is 3. The van der Waals surface area contributed by atoms with E-state index in [0.717, 1.165) is 109 Å². The van der Waals surface area contributed by atoms with Crippen LogP contribution in [0, 0.1) is 0 Å². The Balaban J connectivity index is 2.62. The van der Waals surface area contributed by atoms with Crippen molar-refractivity contribution in [1.29, 1.82) is 0 Å². The van der Waals surface area contributed by atoms with Crippen LogP contribution in [-0.2, 0) is 23.8 Å². The highest BCUT2D eigenvalue weighted by Gasteiger charge is 2.47. The van der Waals surface area contributed by atoms with Crippen LogP contribution in [0.3, 0.4) is 0 Å². The van der Waals surface area contributed by atoms with Crippen molar-refractivity contribution in [1.82, 2.24) is 5.32 Å². The third-order valence-electron chi connectivity index (χ3n) is 14.3. The monoisotopic (exact) mass is 1110 g/mol. The lowest BCUT2D eigenvalue weighted by molar-refractivity contribution is -0.305. The highest BCUT2D eigenvalue weighted by molar-refractivity contribution is 5.80. The second-order valence-corrected chi connectivity index (χ2v) is 21.5. The van der Waals surface area contributed by atoms with Gasteiger partial charge in [-0.25, -0.2) is 0 Å². The van der Waals surface area contributed by atoms with Crippen LogP contribution in [0.4, 0.5) is 0 Å². The summed E-state index contributed by atoms with van der Waals surface area (Å²) >= 11 is 0. The fraction of sp³-hybridized carbons (Fsp3) is 0.706. The molecule has 1 rings (SSSR count). The summed E-state index contributed by atoms with van der Waals surface area (Å²) in [7, 11) is 0. The van der Waals surface area contributed by atoms with Crippen molar-refractivity contribution in [2.75, 3.05) is 13.2 Å². The molecule has 0 aromatic rings. The first-order valence-electron chi connectivity index (χ1n) is 31.7. The molecule has 0 radical (unpaired) electrons. The Bertz CT molecular complexity index is 1700. The summed E-state index contributed by atoms with van der Waals surface area (Å²) in [6.45, 7) is 5.58. The molecule has 1 saturated heterocycles. The van der Waals surface area contributed by atoms with Crippen molar-refractivity contribution in [3.8, 4) is 0 Å². The van der Waals surface area contributed by atoms with Gasteiger partial charge in [0.2, 0.25) is 5.91 Å². The summed E-state index contributed by atoms with van der Waals surface area (Å²) in [6.07, 6.45) is 64.1. The molecule has 0 saturated carbocycles. The van der Waals surface area contributed by atoms with E-state index in [0.29, 0.717) is 12.8 Å². The van der Waals surface area contributed by atoms with Gasteiger partial charge in [-0.05, 0) is 89.9 Å². The van der Waals surface area contributed by atoms with Crippen molar-refractivity contribution >= 4 is 11.9 Å². The number of carbonyl (C=O) groups excluding carboxylic acids is 2. The number of allylic oxidation sites excluding steroid dienone is 17. The minimum absolute atomic E-state index is 0.107. The van der Waals surface area contributed by atoms with Gasteiger partial charge in [-0.1, -0.05) is 259 Å². The van der Waals surface area contributed by atoms with E-state index in [4.69, 9.17) is 14.2 Å². The van der Waals surface area contributed by atoms with E-state index in [-0.39, 0.29) is 19.4 Å². The van der Waals surface area contributed by atoms with Crippen LogP contribution in [0.5, 0.6) is 0 Å². The van der Waals surface area contributed by atoms with Crippen molar-refractivity contribution in [3.05, 3.63) is 109 Å². The molecule has 8 atom stereocenters. The molecule has 1 heterocycles. The molecule has 0 spiro atoms. The number of nitrogens with one attached hydrogen (secondary N) is 1. The lowest BCUT2D eigenvalue weighted by atomic mass is 9.99. The van der Waals surface area contributed by atoms with Gasteiger partial charge < -0.3 is 45.1 Å². The van der Waals surface area contributed by atoms with Crippen molar-refractivity contribution in [2.45, 2.75) is 294 Å². The third-order valence-corrected chi connectivity index (χ3v) is 14.3. The van der Waals surface area contributed by atoms with Gasteiger partial charge in [0.1, 0.15) is 24.4 Å². The van der Waals surface area contributed by atoms with Crippen molar-refractivity contribution in [3.63, 3.8) is 0 Å². The van der Waals surface area contributed by atoms with Gasteiger partial charge in [0.05, 0.1) is 25.4 Å². The maximum atomic E-state index is 13.4. The predicted octanol–water partition coefficient (Wildman–Crippen LogP) is 15.3. The normalized spacial score (nSPS) is 19.6. The standard InChI is InChI=1S/C68H115NO10/c1-4-7-10-13-16-19-22-24-26-27-28-29-30-31-32-33-34-35-36-38-41-44-47-50-53-56-63(73)79-66-65(75)64(74)62(57-70)78-68(66)77-58-59(60(71)54-51-48-45-42-39-21-18-15-12-9-6-3)69-67(76)61(72)55-52-49-46-43-40-37-25-23-20-17-14-11-8-5-2/h8,11,14,16-17,19-20,23-26,28-29,31-32,37,51,54,59-62,64-66,68,70-72,74-75H,4-7,9-10,12-13,15,18,21-22,27,30,33-36,38-50,52-53,55-58H2,1-3H3,(H,69,76)/b11-8+,17-14+,19-16-,23-20+,26-24-,29-28-,32-31-,37-25-,54-51+. The molecule has 11 heteroatoms. The van der Waals surface area contributed by atoms with Gasteiger partial charge in [0.15, 0.2) is 12.4 Å². The van der Waals surface area contributed by atoms with Crippen LogP contribution in [0.15, 0.2) is 109 Å². The summed E-state index contributed by atoms with van der Waals surface area (Å²) < 4.78 is 17.6. The lowest BCUT2D eigenvalue weighted by Crippen LogP contribution is -2.61. The number of unbranched alkanes of at least 4 members (excludes halogenated alkanes) is 25. The maximum Gasteiger partial charge on any atom is 0.306 e. The number of aliphatic hydroxyl groups excluding tert-OH is 5. The molecule has 0 bridgehead atoms. The average Bonchev–Trinajstić information content (AvgIpc) is 3.45. The highest BCUT2D eigenvalue weighted by atomic mass is 16.7. The number of hydrogen-bond donors (Lipinski definition) is 6. The van der Waals surface area contributed by atoms with Gasteiger partial charge in [-0.2, -0.15) is 0 Å². The number of carbonyl (C=O) groups is 2. The van der Waals surface area contributed by atoms with Crippen molar-refractivity contribution < 1.29 is 49.3 Å². The molecular formula is C68H115NO10. The predicted molar refractivity (Wildman–Crippen MR) is 328 cm³/mol. The molecule has 11 nitrogen and oxygen atoms in total. The lowest BCUT2D eigenvalue weighted by Gasteiger charge is -2.41. The van der Waals surface area contributed by atoms with E-state index in [2.05, 4.69) is 86.8 Å². The molecule has 452 valence electrons. The number of hydrogen-bond acceptors (Lipinski definition) is 10. The van der Waals surface area contributed by atoms with E-state index < -0.39 is 67.4 Å². The summed E-state index contributed by atoms with van der Waals surface area (Å²) in [5.41, 5.74) is 0. The molecule has 0 aromatic heterocycles. The molecule has 1 aliphatic rings. The van der Waals surface area contributed by atoms with Crippen LogP contribution in [0.2, 0.25) is 0 Å². The largest absolute Gasteiger partial charge is 0.454 e. The highest BCUT2D eigenvalue weighted by Crippen LogP contribution is 2.26. The van der Waals surface area contributed by atoms with Crippen LogP contribution in [0.1, 0.15) is 245 Å². The molecular weight excluding hydrogens is 991 g/mol. The first-order chi connectivity index (χ1) is 38.7. The summed E-state index contributed by atoms with van der Waals surface area (Å²) in [4.78, 5) is 26.5. The second-order valence-electron chi connectivity index (χ2n) is 21.5. The zero-order chi connectivity index (χ0) is 57.5. The molecule has 8 unspecified atom stereocenters. The molecule has 1 fully saturated rings. The van der Waals surface area contributed by atoms with Crippen LogP contribution >= 0.6 is 0 Å². The summed E-state index contributed by atoms with van der Waals surface area (Å²) in [5.74, 6) is -1.23. The number of amides is 1. The summed E-state index contributed by atoms with van der Waals surface area (Å²) in [5, 5.41) is 56.9. The van der Waals surface area contributed by atoms with Gasteiger partial charge in [0, 0.05) is 6.42 Å². The Kier molecular flexibility index (Phi) is 50.9. The van der Waals surface area contributed by atoms with E-state index in [1.807, 2.05) is 42.5 Å². The fourth-order valence-corrected chi connectivity index (χ4v) is 9.23. The van der Waals surface area contributed by atoms with Crippen LogP contribution in [-0.4, -0.2) is 99.6 Å². The smallest absolute Gasteiger partial charge is 0.306 e. The maximum absolute atomic E-state index is 13.4. The number of aliphatic hydroxyl groups is 5. The van der Waals surface area contributed by atoms with E-state index in [1.165, 1.54) is 89.9 Å². The molecule has 6 N–H and O–H groups in total. The van der Waals surface area contributed by atoms with Gasteiger partial charge >= 0.3 is 5.97 Å². The summed E-state index contributed by atoms with van der Waals surface area (Å²) in [6, 6.07) is -1.04. The molecule has 1 amide bonds. The minimum atomic E-state index is -1.63. The Morgan fingerprint density at radius 2 is 0.962 bits per heavy atom. The number of esters is 1. The first-order valence-corrected chi connectivity index (χ1v) is 31.7. The Hall–Kier alpha value is -3.68. The fourth-order valence-electron chi connectivity index (χ4n) is 9.23. The Morgan fingerprint density at radius 3 is 1.51 bits per heavy atom. The minimum Gasteiger partial charge on any atom is -0.454 e. The number of rotatable bonds is 52. The van der Waals surface area contributed by atoms with Gasteiger partial charge in [-0.3, -0.25) is 9.59 Å². The topological polar surface area (TPSA) is 175 Å². The third kappa shape index (κ3) is 42.8. The first kappa shape index (κ1) is 73.3. The Morgan fingerprint density at radius 1 is 0.519 bits per heavy atom. The molecule has 79 heavy (non-hydrogen) atoms. The Labute approximate surface area is 481 Å². The van der Waals surface area contributed by atoms with E-state index in [1.54, 1.807) is 6.08 Å². The average molecular weight is 1110 g/mol. The van der Waals surface area contributed by atoms with Gasteiger partial charge in [-0.15, -0.1) is 0 Å². The quantitative estimate of drug-likeness (QED) is 0.0149. The molecule has 0 aromatic carbocycles. The second kappa shape index (κ2) is 54.9. The molecule has 1 aliphatic heterocycles. The SMILES string of the molecule is CC/C=C/C=C/C=C/C=C\CCCCCCC(O)C(=O)NC(COC1OC(CO)C(O)C(O)C1OC(=O)CCCCCCCCCCC/C=C\C/C=C\C/C=C\C/C=C\CCCCC)C(O)/C=C/CCCCCCCCCCC. The van der Waals surface area contributed by atoms with E-state index >= 15 is 0 Å². The zero-order valence-electron chi connectivity index (χ0n) is 50.0. The zero-order valence-corrected chi connectivity index (χ0v) is 50.0. The van der Waals surface area contributed by atoms with Crippen LogP contribution in [0.25, 0.3) is 0 Å².